The fourth-order valence-corrected chi connectivity index (χ4v) is 10.2. The van der Waals surface area contributed by atoms with Gasteiger partial charge in [-0.3, -0.25) is 9.59 Å². The zero-order valence-corrected chi connectivity index (χ0v) is 32.6. The van der Waals surface area contributed by atoms with E-state index >= 15 is 4.39 Å². The van der Waals surface area contributed by atoms with Gasteiger partial charge in [0.15, 0.2) is 0 Å². The van der Waals surface area contributed by atoms with Crippen molar-refractivity contribution in [3.05, 3.63) is 61.7 Å². The van der Waals surface area contributed by atoms with E-state index in [9.17, 15) is 24.3 Å². The van der Waals surface area contributed by atoms with E-state index in [4.69, 9.17) is 29.0 Å². The Morgan fingerprint density at radius 1 is 1.21 bits per heavy atom. The third-order valence-electron chi connectivity index (χ3n) is 13.1. The van der Waals surface area contributed by atoms with Crippen LogP contribution in [0.15, 0.2) is 16.9 Å². The molecule has 5 aliphatic rings. The van der Waals surface area contributed by atoms with E-state index in [1.54, 1.807) is 18.4 Å². The Morgan fingerprint density at radius 2 is 2.02 bits per heavy atom. The SMILES string of the molecule is CCC(C=O)c1cc2n(c(=O)c1COC)Cc1c-2nc2cc(F)c(C)c3c2c1C(NC(=O)OC1CCCC2(C1)OOC1(CC(CC(C)C(=O)O)CC1C)O2)CC3. The molecule has 4 heterocycles. The minimum atomic E-state index is -1.09. The average Bonchev–Trinajstić information content (AvgIpc) is 3.81. The van der Waals surface area contributed by atoms with Crippen molar-refractivity contribution in [1.29, 1.82) is 0 Å². The molecule has 8 atom stereocenters. The number of fused-ring (bicyclic) bond motifs is 4. The molecule has 0 radical (unpaired) electrons. The second-order valence-corrected chi connectivity index (χ2v) is 16.7. The van der Waals surface area contributed by atoms with Crippen LogP contribution in [0.3, 0.4) is 0 Å². The molecule has 8 rings (SSSR count). The third kappa shape index (κ3) is 6.42. The number of aromatic nitrogens is 2. The van der Waals surface area contributed by atoms with E-state index in [0.717, 1.165) is 34.8 Å². The number of rotatable bonds is 10. The minimum absolute atomic E-state index is 0.0130. The Labute approximate surface area is 324 Å². The molecule has 14 heteroatoms. The monoisotopic (exact) mass is 775 g/mol. The maximum atomic E-state index is 15.4. The minimum Gasteiger partial charge on any atom is -0.481 e. The molecule has 2 aliphatic heterocycles. The summed E-state index contributed by atoms with van der Waals surface area (Å²) in [4.78, 5) is 68.4. The summed E-state index contributed by atoms with van der Waals surface area (Å²) in [5, 5.41) is 13.3. The summed E-state index contributed by atoms with van der Waals surface area (Å²) in [7, 11) is 1.51. The lowest BCUT2D eigenvalue weighted by molar-refractivity contribution is -0.361. The number of nitrogens with zero attached hydrogens (tertiary/aromatic N) is 2. The van der Waals surface area contributed by atoms with E-state index in [-0.39, 0.29) is 42.8 Å². The number of carboxylic acids is 1. The number of pyridine rings is 2. The first-order valence-electron chi connectivity index (χ1n) is 19.9. The molecule has 1 amide bonds. The van der Waals surface area contributed by atoms with Crippen molar-refractivity contribution < 1.29 is 47.9 Å². The summed E-state index contributed by atoms with van der Waals surface area (Å²) in [6.45, 7) is 7.61. The number of nitrogens with one attached hydrogen (secondary N) is 1. The highest BCUT2D eigenvalue weighted by atomic mass is 19.1. The van der Waals surface area contributed by atoms with E-state index < -0.39 is 47.6 Å². The van der Waals surface area contributed by atoms with Gasteiger partial charge >= 0.3 is 12.1 Å². The molecule has 2 aromatic heterocycles. The summed E-state index contributed by atoms with van der Waals surface area (Å²) < 4.78 is 35.1. The molecule has 56 heavy (non-hydrogen) atoms. The van der Waals surface area contributed by atoms with Crippen molar-refractivity contribution in [1.82, 2.24) is 14.9 Å². The first-order chi connectivity index (χ1) is 26.8. The molecule has 13 nitrogen and oxygen atoms in total. The summed E-state index contributed by atoms with van der Waals surface area (Å²) in [6.07, 6.45) is 5.11. The Morgan fingerprint density at radius 3 is 2.75 bits per heavy atom. The van der Waals surface area contributed by atoms with Gasteiger partial charge in [-0.25, -0.2) is 14.2 Å². The zero-order chi connectivity index (χ0) is 39.7. The van der Waals surface area contributed by atoms with Crippen LogP contribution in [0.4, 0.5) is 9.18 Å². The van der Waals surface area contributed by atoms with Crippen molar-refractivity contribution in [2.45, 2.75) is 135 Å². The Hall–Kier alpha value is -4.24. The third-order valence-corrected chi connectivity index (χ3v) is 13.1. The molecule has 2 N–H and O–H groups in total. The number of carbonyl (C=O) groups is 3. The molecule has 8 unspecified atom stereocenters. The van der Waals surface area contributed by atoms with Gasteiger partial charge < -0.3 is 34.0 Å². The number of methoxy groups -OCH3 is 1. The highest BCUT2D eigenvalue weighted by molar-refractivity contribution is 5.93. The Kier molecular flexibility index (Phi) is 10.1. The van der Waals surface area contributed by atoms with Crippen molar-refractivity contribution in [3.63, 3.8) is 0 Å². The maximum Gasteiger partial charge on any atom is 0.407 e. The number of hydrogen-bond acceptors (Lipinski definition) is 10. The number of halogens is 1. The number of aryl methyl sites for hydroxylation is 1. The van der Waals surface area contributed by atoms with Crippen LogP contribution in [0.5, 0.6) is 0 Å². The van der Waals surface area contributed by atoms with Crippen LogP contribution in [0.1, 0.15) is 124 Å². The van der Waals surface area contributed by atoms with E-state index in [2.05, 4.69) is 5.32 Å². The number of aldehydes is 1. The quantitative estimate of drug-likeness (QED) is 0.127. The molecule has 1 aromatic carbocycles. The molecule has 0 bridgehead atoms. The van der Waals surface area contributed by atoms with Gasteiger partial charge in [-0.2, -0.15) is 9.78 Å². The molecule has 1 saturated heterocycles. The van der Waals surface area contributed by atoms with Gasteiger partial charge in [0.05, 0.1) is 42.0 Å². The van der Waals surface area contributed by atoms with Crippen LogP contribution in [-0.4, -0.2) is 57.8 Å². The molecule has 2 spiro atoms. The van der Waals surface area contributed by atoms with E-state index in [1.165, 1.54) is 13.2 Å². The van der Waals surface area contributed by atoms with Gasteiger partial charge in [-0.05, 0) is 86.1 Å². The largest absolute Gasteiger partial charge is 0.481 e. The van der Waals surface area contributed by atoms with Crippen molar-refractivity contribution in [2.75, 3.05) is 7.11 Å². The number of alkyl carbamates (subject to hydrolysis) is 1. The first-order valence-corrected chi connectivity index (χ1v) is 19.9. The Balaban J connectivity index is 1.06. The van der Waals surface area contributed by atoms with E-state index in [0.29, 0.717) is 85.0 Å². The van der Waals surface area contributed by atoms with Crippen LogP contribution in [-0.2, 0) is 53.1 Å². The van der Waals surface area contributed by atoms with Crippen LogP contribution < -0.4 is 10.9 Å². The van der Waals surface area contributed by atoms with Crippen LogP contribution in [0.2, 0.25) is 0 Å². The zero-order valence-electron chi connectivity index (χ0n) is 32.6. The molecule has 300 valence electrons. The van der Waals surface area contributed by atoms with Crippen LogP contribution in [0, 0.1) is 30.5 Å². The molecular weight excluding hydrogens is 725 g/mol. The fraction of sp³-hybridized carbons (Fsp3) is 0.595. The van der Waals surface area contributed by atoms with Crippen LogP contribution >= 0.6 is 0 Å². The summed E-state index contributed by atoms with van der Waals surface area (Å²) in [5.74, 6) is -4.16. The highest BCUT2D eigenvalue weighted by Crippen LogP contribution is 2.54. The number of carbonyl (C=O) groups excluding carboxylic acids is 2. The van der Waals surface area contributed by atoms with Gasteiger partial charge in [0.25, 0.3) is 5.56 Å². The number of aliphatic carboxylic acids is 1. The summed E-state index contributed by atoms with van der Waals surface area (Å²) in [5.41, 5.74) is 5.11. The standard InChI is InChI=1S/C42H50FN3O10/c1-6-25(19-47)28-14-34-37-29(18-46(34)38(48)30(28)20-52-5)36-32(10-9-27-23(4)31(43)15-33(44-37)35(27)36)45-40(51)53-26-8-7-11-41(17-26)54-42(56-55-41)16-24(13-22(42)3)12-21(2)39(49)50/h14-15,19,21-22,24-26,32H,6-13,16-18,20H2,1-5H3,(H,45,51)(H,49,50). The number of hydrogen-bond donors (Lipinski definition) is 2. The Bertz CT molecular complexity index is 2170. The van der Waals surface area contributed by atoms with Crippen molar-refractivity contribution in [3.8, 4) is 11.4 Å². The van der Waals surface area contributed by atoms with Crippen LogP contribution in [0.25, 0.3) is 22.3 Å². The number of carboxylic acid groups (broad SMARTS) is 1. The number of benzene rings is 1. The summed E-state index contributed by atoms with van der Waals surface area (Å²) in [6, 6.07) is 2.73. The second-order valence-electron chi connectivity index (χ2n) is 16.7. The first kappa shape index (κ1) is 38.6. The molecule has 3 aliphatic carbocycles. The smallest absolute Gasteiger partial charge is 0.407 e. The van der Waals surface area contributed by atoms with Crippen molar-refractivity contribution >= 4 is 29.3 Å². The number of amides is 1. The van der Waals surface area contributed by atoms with Gasteiger partial charge in [-0.15, -0.1) is 0 Å². The lowest BCUT2D eigenvalue weighted by Gasteiger charge is -2.36. The van der Waals surface area contributed by atoms with Gasteiger partial charge in [0, 0.05) is 60.8 Å². The second kappa shape index (κ2) is 14.6. The molecule has 3 fully saturated rings. The van der Waals surface area contributed by atoms with Gasteiger partial charge in [0.1, 0.15) is 18.2 Å². The average molecular weight is 776 g/mol. The molecular formula is C42H50FN3O10. The van der Waals surface area contributed by atoms with Gasteiger partial charge in [-0.1, -0.05) is 20.8 Å². The van der Waals surface area contributed by atoms with E-state index in [1.807, 2.05) is 19.9 Å². The van der Waals surface area contributed by atoms with Gasteiger partial charge in [0.2, 0.25) is 11.6 Å². The summed E-state index contributed by atoms with van der Waals surface area (Å²) >= 11 is 0. The molecule has 3 aromatic rings. The molecule has 2 saturated carbocycles. The fourth-order valence-electron chi connectivity index (χ4n) is 10.2. The predicted molar refractivity (Wildman–Crippen MR) is 200 cm³/mol. The topological polar surface area (TPSA) is 165 Å². The predicted octanol–water partition coefficient (Wildman–Crippen LogP) is 6.90. The lowest BCUT2D eigenvalue weighted by atomic mass is 9.82. The normalized spacial score (nSPS) is 28.7. The highest BCUT2D eigenvalue weighted by Gasteiger charge is 2.61. The van der Waals surface area contributed by atoms with Crippen molar-refractivity contribution in [2.24, 2.45) is 17.8 Å². The number of ether oxygens (including phenoxy) is 3. The maximum absolute atomic E-state index is 15.4. The lowest BCUT2D eigenvalue weighted by Crippen LogP contribution is -2.44.